The Balaban J connectivity index is 1.50. The summed E-state index contributed by atoms with van der Waals surface area (Å²) in [5, 5.41) is 3.41. The Morgan fingerprint density at radius 2 is 1.95 bits per heavy atom. The maximum absolute atomic E-state index is 6.06. The monoisotopic (exact) mass is 274 g/mol. The van der Waals surface area contributed by atoms with Crippen molar-refractivity contribution in [3.05, 3.63) is 29.8 Å². The zero-order valence-electron chi connectivity index (χ0n) is 12.6. The van der Waals surface area contributed by atoms with E-state index >= 15 is 0 Å². The van der Waals surface area contributed by atoms with Gasteiger partial charge in [0.15, 0.2) is 0 Å². The maximum atomic E-state index is 6.06. The highest BCUT2D eigenvalue weighted by Gasteiger charge is 2.28. The fourth-order valence-electron chi connectivity index (χ4n) is 3.63. The van der Waals surface area contributed by atoms with Gasteiger partial charge in [-0.15, -0.1) is 0 Å². The third-order valence-corrected chi connectivity index (χ3v) is 4.93. The van der Waals surface area contributed by atoms with E-state index in [1.807, 2.05) is 0 Å². The average Bonchev–Trinajstić information content (AvgIpc) is 2.89. The molecule has 1 atom stereocenters. The number of ether oxygens (including phenoxy) is 1. The van der Waals surface area contributed by atoms with Gasteiger partial charge in [-0.25, -0.2) is 0 Å². The first-order chi connectivity index (χ1) is 9.76. The normalized spacial score (nSPS) is 29.2. The molecule has 1 aliphatic heterocycles. The summed E-state index contributed by atoms with van der Waals surface area (Å²) in [6.45, 7) is 1.05. The van der Waals surface area contributed by atoms with Gasteiger partial charge in [0.05, 0.1) is 0 Å². The minimum Gasteiger partial charge on any atom is -0.488 e. The van der Waals surface area contributed by atoms with Crippen LogP contribution in [-0.2, 0) is 6.42 Å². The molecule has 1 aromatic rings. The van der Waals surface area contributed by atoms with Crippen LogP contribution in [0.4, 0.5) is 0 Å². The lowest BCUT2D eigenvalue weighted by Crippen LogP contribution is -2.43. The Labute approximate surface area is 122 Å². The van der Waals surface area contributed by atoms with E-state index in [-0.39, 0.29) is 0 Å². The van der Waals surface area contributed by atoms with Gasteiger partial charge >= 0.3 is 0 Å². The van der Waals surface area contributed by atoms with Crippen LogP contribution >= 0.6 is 0 Å². The minimum absolute atomic E-state index is 0.333. The van der Waals surface area contributed by atoms with Crippen LogP contribution in [0.1, 0.15) is 31.2 Å². The topological polar surface area (TPSA) is 24.5 Å². The number of fused-ring (bicyclic) bond motifs is 1. The lowest BCUT2D eigenvalue weighted by molar-refractivity contribution is 0.114. The molecule has 1 aliphatic carbocycles. The van der Waals surface area contributed by atoms with Crippen LogP contribution in [0.25, 0.3) is 0 Å². The molecule has 110 valence electrons. The molecule has 0 bridgehead atoms. The van der Waals surface area contributed by atoms with Gasteiger partial charge in [-0.05, 0) is 51.4 Å². The third kappa shape index (κ3) is 2.99. The number of likely N-dealkylation sites (N-methyl/N-ethyl adjacent to an activating group) is 1. The molecule has 0 saturated heterocycles. The Hall–Kier alpha value is -1.06. The third-order valence-electron chi connectivity index (χ3n) is 4.93. The number of benzene rings is 1. The van der Waals surface area contributed by atoms with Crippen molar-refractivity contribution in [3.63, 3.8) is 0 Å². The second-order valence-corrected chi connectivity index (χ2v) is 6.29. The summed E-state index contributed by atoms with van der Waals surface area (Å²) in [4.78, 5) is 2.52. The van der Waals surface area contributed by atoms with Crippen LogP contribution in [-0.4, -0.2) is 43.7 Å². The number of rotatable bonds is 4. The predicted octanol–water partition coefficient (Wildman–Crippen LogP) is 2.45. The minimum atomic E-state index is 0.333. The van der Waals surface area contributed by atoms with E-state index in [1.165, 1.54) is 31.2 Å². The van der Waals surface area contributed by atoms with Crippen LogP contribution in [0.3, 0.4) is 0 Å². The molecule has 1 saturated carbocycles. The molecule has 3 rings (SSSR count). The predicted molar refractivity (Wildman–Crippen MR) is 82.3 cm³/mol. The first-order valence-corrected chi connectivity index (χ1v) is 7.88. The highest BCUT2D eigenvalue weighted by molar-refractivity contribution is 5.37. The zero-order chi connectivity index (χ0) is 13.9. The van der Waals surface area contributed by atoms with Crippen molar-refractivity contribution in [1.82, 2.24) is 10.2 Å². The molecule has 20 heavy (non-hydrogen) atoms. The van der Waals surface area contributed by atoms with Crippen molar-refractivity contribution in [2.24, 2.45) is 0 Å². The lowest BCUT2D eigenvalue weighted by atomic mass is 9.90. The number of nitrogens with zero attached hydrogens (tertiary/aromatic N) is 1. The Morgan fingerprint density at radius 3 is 2.65 bits per heavy atom. The summed E-state index contributed by atoms with van der Waals surface area (Å²) in [6, 6.07) is 9.90. The molecule has 1 heterocycles. The molecule has 1 fully saturated rings. The summed E-state index contributed by atoms with van der Waals surface area (Å²) in [7, 11) is 4.34. The summed E-state index contributed by atoms with van der Waals surface area (Å²) < 4.78 is 6.06. The van der Waals surface area contributed by atoms with Crippen LogP contribution < -0.4 is 10.1 Å². The van der Waals surface area contributed by atoms with Crippen LogP contribution in [0, 0.1) is 0 Å². The van der Waals surface area contributed by atoms with Crippen molar-refractivity contribution in [2.45, 2.75) is 50.3 Å². The van der Waals surface area contributed by atoms with E-state index in [2.05, 4.69) is 48.6 Å². The van der Waals surface area contributed by atoms with Crippen molar-refractivity contribution < 1.29 is 4.74 Å². The van der Waals surface area contributed by atoms with Gasteiger partial charge in [-0.3, -0.25) is 4.90 Å². The smallest absolute Gasteiger partial charge is 0.123 e. The second kappa shape index (κ2) is 6.15. The first-order valence-electron chi connectivity index (χ1n) is 7.88. The van der Waals surface area contributed by atoms with E-state index in [4.69, 9.17) is 4.74 Å². The van der Waals surface area contributed by atoms with Gasteiger partial charge in [0.2, 0.25) is 0 Å². The van der Waals surface area contributed by atoms with Crippen molar-refractivity contribution in [3.8, 4) is 5.75 Å². The average molecular weight is 274 g/mol. The molecule has 0 radical (unpaired) electrons. The van der Waals surface area contributed by atoms with Crippen LogP contribution in [0.5, 0.6) is 5.75 Å². The summed E-state index contributed by atoms with van der Waals surface area (Å²) in [5.41, 5.74) is 1.37. The molecule has 3 heteroatoms. The summed E-state index contributed by atoms with van der Waals surface area (Å²) >= 11 is 0. The molecule has 3 nitrogen and oxygen atoms in total. The van der Waals surface area contributed by atoms with Crippen LogP contribution in [0.2, 0.25) is 0 Å². The van der Waals surface area contributed by atoms with Crippen LogP contribution in [0.15, 0.2) is 24.3 Å². The van der Waals surface area contributed by atoms with Gasteiger partial charge in [0, 0.05) is 25.0 Å². The summed E-state index contributed by atoms with van der Waals surface area (Å²) in [5.74, 6) is 1.09. The van der Waals surface area contributed by atoms with E-state index in [9.17, 15) is 0 Å². The molecule has 0 aromatic heterocycles. The Morgan fingerprint density at radius 1 is 1.20 bits per heavy atom. The Bertz CT molecular complexity index is 415. The maximum Gasteiger partial charge on any atom is 0.123 e. The molecular weight excluding hydrogens is 248 g/mol. The largest absolute Gasteiger partial charge is 0.488 e. The zero-order valence-corrected chi connectivity index (χ0v) is 12.6. The van der Waals surface area contributed by atoms with E-state index in [1.54, 1.807) is 0 Å². The van der Waals surface area contributed by atoms with Crippen molar-refractivity contribution in [2.75, 3.05) is 20.6 Å². The molecule has 1 aromatic carbocycles. The van der Waals surface area contributed by atoms with Crippen molar-refractivity contribution >= 4 is 0 Å². The van der Waals surface area contributed by atoms with E-state index in [0.717, 1.165) is 30.8 Å². The first kappa shape index (κ1) is 13.9. The fraction of sp³-hybridized carbons (Fsp3) is 0.647. The lowest BCUT2D eigenvalue weighted by Gasteiger charge is -2.35. The number of hydrogen-bond acceptors (Lipinski definition) is 3. The van der Waals surface area contributed by atoms with Gasteiger partial charge in [-0.2, -0.15) is 0 Å². The van der Waals surface area contributed by atoms with E-state index < -0.39 is 0 Å². The van der Waals surface area contributed by atoms with Gasteiger partial charge in [0.1, 0.15) is 11.9 Å². The molecule has 0 amide bonds. The molecular formula is C17H26N2O. The number of nitrogens with one attached hydrogen (secondary N) is 1. The molecule has 2 aliphatic rings. The number of para-hydroxylation sites is 1. The second-order valence-electron chi connectivity index (χ2n) is 6.29. The van der Waals surface area contributed by atoms with Crippen molar-refractivity contribution in [1.29, 1.82) is 0 Å². The summed E-state index contributed by atoms with van der Waals surface area (Å²) in [6.07, 6.45) is 6.61. The Kier molecular flexibility index (Phi) is 4.27. The molecule has 1 unspecified atom stereocenters. The highest BCUT2D eigenvalue weighted by atomic mass is 16.5. The van der Waals surface area contributed by atoms with Gasteiger partial charge in [-0.1, -0.05) is 18.2 Å². The standard InChI is InChI=1S/C17H26N2O/c1-18-14-7-9-15(10-8-14)19(2)12-16-11-13-5-3-4-6-17(13)20-16/h3-6,14-16,18H,7-12H2,1-2H3. The highest BCUT2D eigenvalue weighted by Crippen LogP contribution is 2.29. The fourth-order valence-corrected chi connectivity index (χ4v) is 3.63. The molecule has 1 N–H and O–H groups in total. The van der Waals surface area contributed by atoms with Gasteiger partial charge in [0.25, 0.3) is 0 Å². The quantitative estimate of drug-likeness (QED) is 0.913. The van der Waals surface area contributed by atoms with Gasteiger partial charge < -0.3 is 10.1 Å². The SMILES string of the molecule is CNC1CCC(N(C)CC2Cc3ccccc3O2)CC1. The van der Waals surface area contributed by atoms with E-state index in [0.29, 0.717) is 6.10 Å². The molecule has 0 spiro atoms. The number of hydrogen-bond donors (Lipinski definition) is 1.